The van der Waals surface area contributed by atoms with E-state index in [2.05, 4.69) is 12.2 Å². The lowest BCUT2D eigenvalue weighted by molar-refractivity contribution is -0.127. The molecule has 0 saturated heterocycles. The minimum atomic E-state index is -0.538. The Morgan fingerprint density at radius 1 is 1.30 bits per heavy atom. The zero-order valence-electron chi connectivity index (χ0n) is 12.2. The number of benzene rings is 1. The minimum Gasteiger partial charge on any atom is -0.397 e. The second-order valence-corrected chi connectivity index (χ2v) is 4.56. The van der Waals surface area contributed by atoms with Crippen molar-refractivity contribution >= 4 is 17.3 Å². The fourth-order valence-electron chi connectivity index (χ4n) is 1.55. The molecule has 0 aromatic heterocycles. The molecular formula is C15H24N2O3. The van der Waals surface area contributed by atoms with Gasteiger partial charge in [-0.05, 0) is 25.5 Å². The van der Waals surface area contributed by atoms with Gasteiger partial charge in [0.25, 0.3) is 5.91 Å². The van der Waals surface area contributed by atoms with E-state index in [4.69, 9.17) is 15.2 Å². The zero-order valence-corrected chi connectivity index (χ0v) is 12.2. The van der Waals surface area contributed by atoms with E-state index in [0.29, 0.717) is 24.6 Å². The van der Waals surface area contributed by atoms with E-state index in [-0.39, 0.29) is 5.91 Å². The molecule has 5 heteroatoms. The van der Waals surface area contributed by atoms with Crippen molar-refractivity contribution in [3.8, 4) is 0 Å². The van der Waals surface area contributed by atoms with Crippen LogP contribution in [-0.2, 0) is 14.3 Å². The predicted molar refractivity (Wildman–Crippen MR) is 80.6 cm³/mol. The normalized spacial score (nSPS) is 12.1. The number of rotatable bonds is 9. The number of para-hydroxylation sites is 2. The standard InChI is InChI=1S/C15H24N2O3/c1-3-4-9-19-10-11-20-12(2)15(18)17-14-8-6-5-7-13(14)16/h5-8,12H,3-4,9-11,16H2,1-2H3,(H,17,18). The number of hydrogen-bond acceptors (Lipinski definition) is 4. The minimum absolute atomic E-state index is 0.212. The molecule has 0 aliphatic heterocycles. The van der Waals surface area contributed by atoms with Gasteiger partial charge in [0.1, 0.15) is 6.10 Å². The molecule has 20 heavy (non-hydrogen) atoms. The molecule has 1 atom stereocenters. The number of anilines is 2. The molecule has 0 bridgehead atoms. The lowest BCUT2D eigenvalue weighted by Gasteiger charge is -2.14. The van der Waals surface area contributed by atoms with Gasteiger partial charge >= 0.3 is 0 Å². The van der Waals surface area contributed by atoms with Gasteiger partial charge in [0.05, 0.1) is 24.6 Å². The molecule has 5 nitrogen and oxygen atoms in total. The van der Waals surface area contributed by atoms with E-state index in [0.717, 1.165) is 19.4 Å². The number of nitrogens with two attached hydrogens (primary N) is 1. The van der Waals surface area contributed by atoms with E-state index in [1.54, 1.807) is 19.1 Å². The highest BCUT2D eigenvalue weighted by Gasteiger charge is 2.14. The molecule has 0 saturated carbocycles. The summed E-state index contributed by atoms with van der Waals surface area (Å²) in [6.45, 7) is 5.47. The van der Waals surface area contributed by atoms with Crippen molar-refractivity contribution in [1.29, 1.82) is 0 Å². The maximum atomic E-state index is 11.9. The average molecular weight is 280 g/mol. The fraction of sp³-hybridized carbons (Fsp3) is 0.533. The van der Waals surface area contributed by atoms with Gasteiger partial charge in [-0.25, -0.2) is 0 Å². The van der Waals surface area contributed by atoms with Crippen LogP contribution in [0.3, 0.4) is 0 Å². The largest absolute Gasteiger partial charge is 0.397 e. The first-order chi connectivity index (χ1) is 9.65. The van der Waals surface area contributed by atoms with Crippen LogP contribution in [0.1, 0.15) is 26.7 Å². The first-order valence-electron chi connectivity index (χ1n) is 7.00. The molecule has 0 aliphatic carbocycles. The van der Waals surface area contributed by atoms with Crippen molar-refractivity contribution in [2.75, 3.05) is 30.9 Å². The summed E-state index contributed by atoms with van der Waals surface area (Å²) in [6, 6.07) is 7.13. The van der Waals surface area contributed by atoms with Crippen molar-refractivity contribution < 1.29 is 14.3 Å². The van der Waals surface area contributed by atoms with Gasteiger partial charge in [0, 0.05) is 6.61 Å². The third-order valence-electron chi connectivity index (χ3n) is 2.83. The Balaban J connectivity index is 2.24. The molecule has 112 valence electrons. The molecule has 1 unspecified atom stereocenters. The Labute approximate surface area is 120 Å². The van der Waals surface area contributed by atoms with E-state index in [9.17, 15) is 4.79 Å². The fourth-order valence-corrected chi connectivity index (χ4v) is 1.55. The van der Waals surface area contributed by atoms with Gasteiger partial charge in [-0.1, -0.05) is 25.5 Å². The Morgan fingerprint density at radius 3 is 2.75 bits per heavy atom. The van der Waals surface area contributed by atoms with Crippen LogP contribution < -0.4 is 11.1 Å². The Hall–Kier alpha value is -1.59. The molecule has 0 radical (unpaired) electrons. The smallest absolute Gasteiger partial charge is 0.253 e. The van der Waals surface area contributed by atoms with Gasteiger partial charge in [-0.2, -0.15) is 0 Å². The van der Waals surface area contributed by atoms with E-state index < -0.39 is 6.10 Å². The second kappa shape index (κ2) is 9.34. The number of ether oxygens (including phenoxy) is 2. The molecule has 3 N–H and O–H groups in total. The van der Waals surface area contributed by atoms with Crippen LogP contribution in [-0.4, -0.2) is 31.8 Å². The maximum Gasteiger partial charge on any atom is 0.253 e. The number of unbranched alkanes of at least 4 members (excludes halogenated alkanes) is 1. The Bertz CT molecular complexity index is 410. The van der Waals surface area contributed by atoms with Crippen LogP contribution in [0.4, 0.5) is 11.4 Å². The first kappa shape index (κ1) is 16.5. The highest BCUT2D eigenvalue weighted by molar-refractivity contribution is 5.96. The molecule has 1 rings (SSSR count). The molecule has 0 aliphatic rings. The summed E-state index contributed by atoms with van der Waals surface area (Å²) in [4.78, 5) is 11.9. The number of carbonyl (C=O) groups excluding carboxylic acids is 1. The van der Waals surface area contributed by atoms with Crippen LogP contribution in [0.2, 0.25) is 0 Å². The SMILES string of the molecule is CCCCOCCOC(C)C(=O)Nc1ccccc1N. The Morgan fingerprint density at radius 2 is 2.05 bits per heavy atom. The summed E-state index contributed by atoms with van der Waals surface area (Å²) in [7, 11) is 0. The molecule has 1 aromatic carbocycles. The van der Waals surface area contributed by atoms with Crippen LogP contribution in [0.25, 0.3) is 0 Å². The summed E-state index contributed by atoms with van der Waals surface area (Å²) in [5, 5.41) is 2.74. The summed E-state index contributed by atoms with van der Waals surface area (Å²) >= 11 is 0. The topological polar surface area (TPSA) is 73.6 Å². The van der Waals surface area contributed by atoms with Crippen LogP contribution in [0.5, 0.6) is 0 Å². The molecule has 1 aromatic rings. The van der Waals surface area contributed by atoms with Crippen molar-refractivity contribution in [2.45, 2.75) is 32.8 Å². The number of amides is 1. The summed E-state index contributed by atoms with van der Waals surface area (Å²) in [5.74, 6) is -0.212. The third kappa shape index (κ3) is 6.04. The van der Waals surface area contributed by atoms with E-state index in [1.165, 1.54) is 0 Å². The second-order valence-electron chi connectivity index (χ2n) is 4.56. The summed E-state index contributed by atoms with van der Waals surface area (Å²) in [6.07, 6.45) is 1.62. The first-order valence-corrected chi connectivity index (χ1v) is 7.00. The quantitative estimate of drug-likeness (QED) is 0.538. The summed E-state index contributed by atoms with van der Waals surface area (Å²) < 4.78 is 10.8. The van der Waals surface area contributed by atoms with Gasteiger partial charge in [0.15, 0.2) is 0 Å². The van der Waals surface area contributed by atoms with Crippen molar-refractivity contribution in [2.24, 2.45) is 0 Å². The van der Waals surface area contributed by atoms with Gasteiger partial charge in [-0.3, -0.25) is 4.79 Å². The molecule has 0 spiro atoms. The zero-order chi connectivity index (χ0) is 14.8. The molecule has 0 fully saturated rings. The lowest BCUT2D eigenvalue weighted by Crippen LogP contribution is -2.29. The van der Waals surface area contributed by atoms with E-state index in [1.807, 2.05) is 12.1 Å². The number of carbonyl (C=O) groups is 1. The lowest BCUT2D eigenvalue weighted by atomic mass is 10.2. The van der Waals surface area contributed by atoms with Crippen LogP contribution in [0.15, 0.2) is 24.3 Å². The number of hydrogen-bond donors (Lipinski definition) is 2. The van der Waals surface area contributed by atoms with Crippen LogP contribution >= 0.6 is 0 Å². The van der Waals surface area contributed by atoms with Gasteiger partial charge in [-0.15, -0.1) is 0 Å². The monoisotopic (exact) mass is 280 g/mol. The van der Waals surface area contributed by atoms with Crippen LogP contribution in [0, 0.1) is 0 Å². The number of nitrogens with one attached hydrogen (secondary N) is 1. The van der Waals surface area contributed by atoms with Crippen molar-refractivity contribution in [1.82, 2.24) is 0 Å². The average Bonchev–Trinajstić information content (AvgIpc) is 2.44. The highest BCUT2D eigenvalue weighted by Crippen LogP contribution is 2.17. The molecule has 1 amide bonds. The third-order valence-corrected chi connectivity index (χ3v) is 2.83. The molecule has 0 heterocycles. The van der Waals surface area contributed by atoms with Crippen molar-refractivity contribution in [3.63, 3.8) is 0 Å². The van der Waals surface area contributed by atoms with E-state index >= 15 is 0 Å². The molecular weight excluding hydrogens is 256 g/mol. The predicted octanol–water partition coefficient (Wildman–Crippen LogP) is 2.43. The van der Waals surface area contributed by atoms with Gasteiger partial charge in [0.2, 0.25) is 0 Å². The summed E-state index contributed by atoms with van der Waals surface area (Å²) in [5.41, 5.74) is 6.90. The number of nitrogen functional groups attached to an aromatic ring is 1. The highest BCUT2D eigenvalue weighted by atomic mass is 16.5. The van der Waals surface area contributed by atoms with Gasteiger partial charge < -0.3 is 20.5 Å². The Kier molecular flexibility index (Phi) is 7.69. The maximum absolute atomic E-state index is 11.9. The van der Waals surface area contributed by atoms with Crippen molar-refractivity contribution in [3.05, 3.63) is 24.3 Å².